The molecule has 1 aromatic heterocycles. The van der Waals surface area contributed by atoms with Gasteiger partial charge in [-0.05, 0) is 44.5 Å². The van der Waals surface area contributed by atoms with Crippen LogP contribution in [-0.4, -0.2) is 14.9 Å². The van der Waals surface area contributed by atoms with Gasteiger partial charge in [-0.15, -0.1) is 0 Å². The highest BCUT2D eigenvalue weighted by Gasteiger charge is 2.26. The summed E-state index contributed by atoms with van der Waals surface area (Å²) in [4.78, 5) is 0. The Morgan fingerprint density at radius 3 is 2.35 bits per heavy atom. The summed E-state index contributed by atoms with van der Waals surface area (Å²) in [6.07, 6.45) is 0.241. The maximum atomic E-state index is 13.3. The average molecular weight is 280 g/mol. The van der Waals surface area contributed by atoms with Crippen LogP contribution in [0.1, 0.15) is 30.8 Å². The Balaban J connectivity index is 2.34. The molecule has 0 saturated carbocycles. The largest absolute Gasteiger partial charge is 0.385 e. The molecule has 0 aliphatic rings. The minimum atomic E-state index is -1.36. The van der Waals surface area contributed by atoms with Gasteiger partial charge in [0.15, 0.2) is 0 Å². The molecule has 0 aliphatic heterocycles. The summed E-state index contributed by atoms with van der Waals surface area (Å²) < 4.78 is 28.3. The van der Waals surface area contributed by atoms with E-state index < -0.39 is 17.2 Å². The van der Waals surface area contributed by atoms with Crippen molar-refractivity contribution in [2.45, 2.75) is 39.3 Å². The van der Waals surface area contributed by atoms with Crippen molar-refractivity contribution in [3.63, 3.8) is 0 Å². The standard InChI is InChI=1S/C15H18F2N2O/c1-4-19-14(5-10(2)18-19)9-15(3,20)11-6-12(16)8-13(17)7-11/h5-8,20H,4,9H2,1-3H3. The summed E-state index contributed by atoms with van der Waals surface area (Å²) in [6, 6.07) is 4.97. The van der Waals surface area contributed by atoms with Crippen LogP contribution in [0, 0.1) is 18.6 Å². The molecular formula is C15H18F2N2O. The van der Waals surface area contributed by atoms with Gasteiger partial charge in [0, 0.05) is 24.7 Å². The molecule has 1 unspecified atom stereocenters. The SMILES string of the molecule is CCn1nc(C)cc1CC(C)(O)c1cc(F)cc(F)c1. The maximum absolute atomic E-state index is 13.3. The first-order chi connectivity index (χ1) is 9.31. The van der Waals surface area contributed by atoms with Crippen molar-refractivity contribution in [1.29, 1.82) is 0 Å². The second kappa shape index (κ2) is 5.32. The highest BCUT2D eigenvalue weighted by atomic mass is 19.1. The quantitative estimate of drug-likeness (QED) is 0.935. The minimum Gasteiger partial charge on any atom is -0.385 e. The lowest BCUT2D eigenvalue weighted by Crippen LogP contribution is -2.26. The average Bonchev–Trinajstić information content (AvgIpc) is 2.67. The van der Waals surface area contributed by atoms with E-state index in [-0.39, 0.29) is 12.0 Å². The third-order valence-corrected chi connectivity index (χ3v) is 3.29. The molecule has 0 fully saturated rings. The van der Waals surface area contributed by atoms with Crippen LogP contribution in [0.4, 0.5) is 8.78 Å². The van der Waals surface area contributed by atoms with E-state index in [9.17, 15) is 13.9 Å². The fraction of sp³-hybridized carbons (Fsp3) is 0.400. The Morgan fingerprint density at radius 2 is 1.80 bits per heavy atom. The number of nitrogens with zero attached hydrogens (tertiary/aromatic N) is 2. The molecule has 0 bridgehead atoms. The zero-order valence-corrected chi connectivity index (χ0v) is 11.8. The van der Waals surface area contributed by atoms with E-state index in [0.717, 1.165) is 29.6 Å². The number of hydrogen-bond donors (Lipinski definition) is 1. The Morgan fingerprint density at radius 1 is 1.20 bits per heavy atom. The third-order valence-electron chi connectivity index (χ3n) is 3.29. The van der Waals surface area contributed by atoms with Crippen LogP contribution in [0.2, 0.25) is 0 Å². The van der Waals surface area contributed by atoms with Crippen molar-refractivity contribution < 1.29 is 13.9 Å². The van der Waals surface area contributed by atoms with Crippen molar-refractivity contribution >= 4 is 0 Å². The van der Waals surface area contributed by atoms with Gasteiger partial charge in [-0.2, -0.15) is 5.10 Å². The molecule has 1 N–H and O–H groups in total. The van der Waals surface area contributed by atoms with E-state index in [0.29, 0.717) is 6.54 Å². The molecule has 0 spiro atoms. The van der Waals surface area contributed by atoms with Crippen LogP contribution in [-0.2, 0) is 18.6 Å². The van der Waals surface area contributed by atoms with E-state index in [4.69, 9.17) is 0 Å². The maximum Gasteiger partial charge on any atom is 0.126 e. The van der Waals surface area contributed by atoms with Crippen LogP contribution in [0.5, 0.6) is 0 Å². The van der Waals surface area contributed by atoms with E-state index in [1.807, 2.05) is 19.9 Å². The first kappa shape index (κ1) is 14.7. The van der Waals surface area contributed by atoms with Gasteiger partial charge in [-0.3, -0.25) is 4.68 Å². The zero-order chi connectivity index (χ0) is 14.9. The molecule has 108 valence electrons. The summed E-state index contributed by atoms with van der Waals surface area (Å²) in [7, 11) is 0. The molecular weight excluding hydrogens is 262 g/mol. The smallest absolute Gasteiger partial charge is 0.126 e. The Labute approximate surface area is 116 Å². The van der Waals surface area contributed by atoms with Crippen LogP contribution in [0.15, 0.2) is 24.3 Å². The Hall–Kier alpha value is -1.75. The molecule has 1 aromatic carbocycles. The summed E-state index contributed by atoms with van der Waals surface area (Å²) >= 11 is 0. The van der Waals surface area contributed by atoms with Crippen LogP contribution < -0.4 is 0 Å². The van der Waals surface area contributed by atoms with Crippen molar-refractivity contribution in [2.24, 2.45) is 0 Å². The summed E-state index contributed by atoms with van der Waals surface area (Å²) in [5.74, 6) is -1.39. The molecule has 20 heavy (non-hydrogen) atoms. The van der Waals surface area contributed by atoms with Gasteiger partial charge < -0.3 is 5.11 Å². The molecule has 0 saturated heterocycles. The summed E-state index contributed by atoms with van der Waals surface area (Å²) in [6.45, 7) is 6.04. The second-order valence-corrected chi connectivity index (χ2v) is 5.20. The molecule has 1 heterocycles. The second-order valence-electron chi connectivity index (χ2n) is 5.20. The van der Waals surface area contributed by atoms with Gasteiger partial charge in [0.1, 0.15) is 11.6 Å². The number of aryl methyl sites for hydroxylation is 2. The molecule has 5 heteroatoms. The number of aliphatic hydroxyl groups is 1. The molecule has 2 rings (SSSR count). The van der Waals surface area contributed by atoms with Crippen LogP contribution >= 0.6 is 0 Å². The molecule has 0 radical (unpaired) electrons. The van der Waals surface area contributed by atoms with Crippen molar-refractivity contribution in [1.82, 2.24) is 9.78 Å². The molecule has 0 amide bonds. The molecule has 0 aliphatic carbocycles. The number of benzene rings is 1. The lowest BCUT2D eigenvalue weighted by Gasteiger charge is -2.24. The van der Waals surface area contributed by atoms with E-state index in [1.54, 1.807) is 11.6 Å². The summed E-state index contributed by atoms with van der Waals surface area (Å²) in [5.41, 5.74) is 0.543. The fourth-order valence-corrected chi connectivity index (χ4v) is 2.33. The van der Waals surface area contributed by atoms with Gasteiger partial charge in [0.25, 0.3) is 0 Å². The number of hydrogen-bond acceptors (Lipinski definition) is 2. The van der Waals surface area contributed by atoms with Gasteiger partial charge in [0.05, 0.1) is 11.3 Å². The van der Waals surface area contributed by atoms with Gasteiger partial charge in [-0.25, -0.2) is 8.78 Å². The van der Waals surface area contributed by atoms with Gasteiger partial charge in [-0.1, -0.05) is 0 Å². The zero-order valence-electron chi connectivity index (χ0n) is 11.8. The predicted octanol–water partition coefficient (Wildman–Crippen LogP) is 2.94. The first-order valence-corrected chi connectivity index (χ1v) is 6.54. The minimum absolute atomic E-state index is 0.219. The van der Waals surface area contributed by atoms with E-state index in [1.165, 1.54) is 0 Å². The van der Waals surface area contributed by atoms with Crippen LogP contribution in [0.25, 0.3) is 0 Å². The third kappa shape index (κ3) is 3.04. The topological polar surface area (TPSA) is 38.0 Å². The molecule has 3 nitrogen and oxygen atoms in total. The van der Waals surface area contributed by atoms with Crippen molar-refractivity contribution in [3.05, 3.63) is 52.9 Å². The molecule has 2 aromatic rings. The predicted molar refractivity (Wildman–Crippen MR) is 72.3 cm³/mol. The lowest BCUT2D eigenvalue weighted by atomic mass is 9.91. The van der Waals surface area contributed by atoms with Crippen molar-refractivity contribution in [3.8, 4) is 0 Å². The Bertz CT molecular complexity index is 600. The lowest BCUT2D eigenvalue weighted by molar-refractivity contribution is 0.0547. The van der Waals surface area contributed by atoms with Crippen LogP contribution in [0.3, 0.4) is 0 Å². The normalized spacial score (nSPS) is 14.3. The number of aromatic nitrogens is 2. The number of rotatable bonds is 4. The van der Waals surface area contributed by atoms with Gasteiger partial charge in [0.2, 0.25) is 0 Å². The van der Waals surface area contributed by atoms with E-state index in [2.05, 4.69) is 5.10 Å². The monoisotopic (exact) mass is 280 g/mol. The summed E-state index contributed by atoms with van der Waals surface area (Å²) in [5, 5.41) is 14.8. The number of halogens is 2. The van der Waals surface area contributed by atoms with Gasteiger partial charge >= 0.3 is 0 Å². The van der Waals surface area contributed by atoms with E-state index >= 15 is 0 Å². The van der Waals surface area contributed by atoms with Crippen molar-refractivity contribution in [2.75, 3.05) is 0 Å². The Kier molecular flexibility index (Phi) is 3.90. The fourth-order valence-electron chi connectivity index (χ4n) is 2.33. The highest BCUT2D eigenvalue weighted by Crippen LogP contribution is 2.27. The highest BCUT2D eigenvalue weighted by molar-refractivity contribution is 5.26. The molecule has 1 atom stereocenters. The first-order valence-electron chi connectivity index (χ1n) is 6.54.